The number of benzene rings is 1. The number of ether oxygens (including phenoxy) is 1. The Hall–Kier alpha value is -1.76. The third-order valence-corrected chi connectivity index (χ3v) is 3.36. The fourth-order valence-electron chi connectivity index (χ4n) is 2.32. The van der Waals surface area contributed by atoms with Gasteiger partial charge in [-0.15, -0.1) is 13.2 Å². The largest absolute Gasteiger partial charge is 0.573 e. The summed E-state index contributed by atoms with van der Waals surface area (Å²) in [7, 11) is 0. The fourth-order valence-corrected chi connectivity index (χ4v) is 2.32. The third kappa shape index (κ3) is 4.93. The van der Waals surface area contributed by atoms with Gasteiger partial charge in [0.2, 0.25) is 0 Å². The first kappa shape index (κ1) is 15.6. The van der Waals surface area contributed by atoms with E-state index >= 15 is 0 Å². The van der Waals surface area contributed by atoms with Crippen molar-refractivity contribution in [2.24, 2.45) is 0 Å². The van der Waals surface area contributed by atoms with Gasteiger partial charge in [0.25, 0.3) is 5.91 Å². The Morgan fingerprint density at radius 3 is 2.52 bits per heavy atom. The molecule has 4 nitrogen and oxygen atoms in total. The number of carbonyl (C=O) groups excluding carboxylic acids is 1. The van der Waals surface area contributed by atoms with Gasteiger partial charge in [-0.2, -0.15) is 0 Å². The smallest absolute Gasteiger partial charge is 0.406 e. The summed E-state index contributed by atoms with van der Waals surface area (Å²) in [6.45, 7) is 0. The molecule has 0 heterocycles. The normalized spacial score (nSPS) is 22.7. The number of nitrogens with one attached hydrogen (secondary N) is 1. The molecule has 7 heteroatoms. The zero-order valence-corrected chi connectivity index (χ0v) is 11.2. The molecular formula is C14H16F3NO3. The maximum atomic E-state index is 12.1. The third-order valence-electron chi connectivity index (χ3n) is 3.36. The van der Waals surface area contributed by atoms with Crippen LogP contribution in [0.1, 0.15) is 36.0 Å². The molecule has 1 aliphatic rings. The van der Waals surface area contributed by atoms with Crippen LogP contribution in [-0.2, 0) is 0 Å². The van der Waals surface area contributed by atoms with Gasteiger partial charge in [-0.3, -0.25) is 4.79 Å². The minimum absolute atomic E-state index is 0.0620. The molecule has 0 spiro atoms. The van der Waals surface area contributed by atoms with Crippen LogP contribution in [0, 0.1) is 0 Å². The van der Waals surface area contributed by atoms with Crippen molar-refractivity contribution in [2.75, 3.05) is 0 Å². The monoisotopic (exact) mass is 303 g/mol. The van der Waals surface area contributed by atoms with E-state index < -0.39 is 18.0 Å². The topological polar surface area (TPSA) is 58.6 Å². The predicted octanol–water partition coefficient (Wildman–Crippen LogP) is 2.62. The van der Waals surface area contributed by atoms with E-state index in [4.69, 9.17) is 0 Å². The summed E-state index contributed by atoms with van der Waals surface area (Å²) in [6.07, 6.45) is -2.57. The molecular weight excluding hydrogens is 287 g/mol. The van der Waals surface area contributed by atoms with Crippen LogP contribution in [0.15, 0.2) is 24.3 Å². The average molecular weight is 303 g/mol. The molecule has 0 unspecified atom stereocenters. The van der Waals surface area contributed by atoms with Crippen LogP contribution in [0.4, 0.5) is 13.2 Å². The minimum Gasteiger partial charge on any atom is -0.406 e. The number of hydrogen-bond acceptors (Lipinski definition) is 3. The molecule has 1 amide bonds. The number of aliphatic hydroxyl groups is 1. The van der Waals surface area contributed by atoms with E-state index in [1.54, 1.807) is 0 Å². The lowest BCUT2D eigenvalue weighted by Crippen LogP contribution is -2.38. The van der Waals surface area contributed by atoms with Crippen LogP contribution in [-0.4, -0.2) is 29.5 Å². The van der Waals surface area contributed by atoms with Gasteiger partial charge in [0, 0.05) is 11.6 Å². The molecule has 116 valence electrons. The van der Waals surface area contributed by atoms with Gasteiger partial charge in [-0.05, 0) is 43.9 Å². The van der Waals surface area contributed by atoms with Crippen LogP contribution >= 0.6 is 0 Å². The lowest BCUT2D eigenvalue weighted by atomic mass is 9.93. The fraction of sp³-hybridized carbons (Fsp3) is 0.500. The van der Waals surface area contributed by atoms with Gasteiger partial charge < -0.3 is 15.2 Å². The van der Waals surface area contributed by atoms with Crippen molar-refractivity contribution >= 4 is 5.91 Å². The molecule has 1 aromatic rings. The van der Waals surface area contributed by atoms with E-state index in [-0.39, 0.29) is 17.7 Å². The van der Waals surface area contributed by atoms with Crippen LogP contribution in [0.5, 0.6) is 5.75 Å². The quantitative estimate of drug-likeness (QED) is 0.902. The van der Waals surface area contributed by atoms with E-state index in [2.05, 4.69) is 10.1 Å². The van der Waals surface area contributed by atoms with Crippen molar-refractivity contribution in [3.05, 3.63) is 29.8 Å². The lowest BCUT2D eigenvalue weighted by molar-refractivity contribution is -0.274. The maximum Gasteiger partial charge on any atom is 0.573 e. The number of amides is 1. The number of alkyl halides is 3. The Bertz CT molecular complexity index is 496. The molecule has 1 aliphatic carbocycles. The van der Waals surface area contributed by atoms with Gasteiger partial charge in [-0.25, -0.2) is 0 Å². The number of hydrogen-bond donors (Lipinski definition) is 2. The number of carbonyl (C=O) groups is 1. The van der Waals surface area contributed by atoms with Crippen LogP contribution in [0.3, 0.4) is 0 Å². The molecule has 1 aromatic carbocycles. The van der Waals surface area contributed by atoms with Crippen molar-refractivity contribution in [1.82, 2.24) is 5.32 Å². The summed E-state index contributed by atoms with van der Waals surface area (Å²) in [5.41, 5.74) is 0.114. The van der Waals surface area contributed by atoms with Gasteiger partial charge in [0.1, 0.15) is 5.75 Å². The number of aliphatic hydroxyl groups excluding tert-OH is 1. The average Bonchev–Trinajstić information content (AvgIpc) is 2.40. The molecule has 0 radical (unpaired) electrons. The Labute approximate surface area is 119 Å². The first-order valence-electron chi connectivity index (χ1n) is 6.68. The maximum absolute atomic E-state index is 12.1. The summed E-state index contributed by atoms with van der Waals surface area (Å²) in [5, 5.41) is 12.1. The molecule has 2 rings (SSSR count). The first-order chi connectivity index (χ1) is 9.83. The number of halogens is 3. The second kappa shape index (κ2) is 6.34. The minimum atomic E-state index is -4.78. The summed E-state index contributed by atoms with van der Waals surface area (Å²) < 4.78 is 40.2. The van der Waals surface area contributed by atoms with Crippen molar-refractivity contribution in [1.29, 1.82) is 0 Å². The van der Waals surface area contributed by atoms with E-state index in [0.717, 1.165) is 12.1 Å². The van der Waals surface area contributed by atoms with Crippen molar-refractivity contribution < 1.29 is 27.8 Å². The highest BCUT2D eigenvalue weighted by molar-refractivity contribution is 5.94. The molecule has 0 saturated heterocycles. The highest BCUT2D eigenvalue weighted by atomic mass is 19.4. The SMILES string of the molecule is O=C(NC1CCC(O)CC1)c1cccc(OC(F)(F)F)c1. The van der Waals surface area contributed by atoms with E-state index in [9.17, 15) is 23.1 Å². The summed E-state index contributed by atoms with van der Waals surface area (Å²) in [4.78, 5) is 12.0. The molecule has 1 fully saturated rings. The summed E-state index contributed by atoms with van der Waals surface area (Å²) in [5.74, 6) is -0.863. The molecule has 1 saturated carbocycles. The summed E-state index contributed by atoms with van der Waals surface area (Å²) >= 11 is 0. The van der Waals surface area contributed by atoms with Crippen LogP contribution < -0.4 is 10.1 Å². The van der Waals surface area contributed by atoms with Gasteiger partial charge in [0.15, 0.2) is 0 Å². The molecule has 0 aromatic heterocycles. The van der Waals surface area contributed by atoms with E-state index in [1.165, 1.54) is 12.1 Å². The lowest BCUT2D eigenvalue weighted by Gasteiger charge is -2.26. The zero-order valence-electron chi connectivity index (χ0n) is 11.2. The van der Waals surface area contributed by atoms with Crippen LogP contribution in [0.2, 0.25) is 0 Å². The highest BCUT2D eigenvalue weighted by Gasteiger charge is 2.31. The molecule has 21 heavy (non-hydrogen) atoms. The first-order valence-corrected chi connectivity index (χ1v) is 6.68. The van der Waals surface area contributed by atoms with Gasteiger partial charge in [-0.1, -0.05) is 6.07 Å². The van der Waals surface area contributed by atoms with E-state index in [0.29, 0.717) is 25.7 Å². The Morgan fingerprint density at radius 1 is 1.24 bits per heavy atom. The zero-order chi connectivity index (χ0) is 15.5. The highest BCUT2D eigenvalue weighted by Crippen LogP contribution is 2.24. The van der Waals surface area contributed by atoms with E-state index in [1.807, 2.05) is 0 Å². The predicted molar refractivity (Wildman–Crippen MR) is 68.9 cm³/mol. The van der Waals surface area contributed by atoms with Gasteiger partial charge >= 0.3 is 6.36 Å². The van der Waals surface area contributed by atoms with Crippen molar-refractivity contribution in [3.63, 3.8) is 0 Å². The summed E-state index contributed by atoms with van der Waals surface area (Å²) in [6, 6.07) is 4.89. The second-order valence-corrected chi connectivity index (χ2v) is 5.05. The van der Waals surface area contributed by atoms with Crippen molar-refractivity contribution in [2.45, 2.75) is 44.2 Å². The van der Waals surface area contributed by atoms with Crippen molar-refractivity contribution in [3.8, 4) is 5.75 Å². The molecule has 0 atom stereocenters. The Kier molecular flexibility index (Phi) is 4.72. The molecule has 0 aliphatic heterocycles. The standard InChI is InChI=1S/C14H16F3NO3/c15-14(16,17)21-12-3-1-2-9(8-12)13(20)18-10-4-6-11(19)7-5-10/h1-3,8,10-11,19H,4-7H2,(H,18,20). The van der Waals surface area contributed by atoms with Gasteiger partial charge in [0.05, 0.1) is 6.10 Å². The number of rotatable bonds is 3. The second-order valence-electron chi connectivity index (χ2n) is 5.05. The molecule has 2 N–H and O–H groups in total. The van der Waals surface area contributed by atoms with Crippen LogP contribution in [0.25, 0.3) is 0 Å². The Balaban J connectivity index is 1.97. The molecule has 0 bridgehead atoms. The Morgan fingerprint density at radius 2 is 1.90 bits per heavy atom.